The first-order valence-electron chi connectivity index (χ1n) is 8.39. The summed E-state index contributed by atoms with van der Waals surface area (Å²) in [5.41, 5.74) is 9.95. The van der Waals surface area contributed by atoms with Gasteiger partial charge >= 0.3 is 0 Å². The molecule has 7 nitrogen and oxygen atoms in total. The third kappa shape index (κ3) is 2.54. The van der Waals surface area contributed by atoms with Gasteiger partial charge in [0, 0.05) is 48.7 Å². The predicted octanol–water partition coefficient (Wildman–Crippen LogP) is 1.98. The lowest BCUT2D eigenvalue weighted by Gasteiger charge is -2.27. The Morgan fingerprint density at radius 2 is 2.00 bits per heavy atom. The molecule has 0 unspecified atom stereocenters. The van der Waals surface area contributed by atoms with Crippen LogP contribution >= 0.6 is 0 Å². The number of nitrogens with zero attached hydrogens (tertiary/aromatic N) is 5. The number of fused-ring (bicyclic) bond motifs is 1. The molecule has 3 heterocycles. The van der Waals surface area contributed by atoms with E-state index >= 15 is 0 Å². The van der Waals surface area contributed by atoms with Gasteiger partial charge in [0.25, 0.3) is 0 Å². The standard InChI is InChI=1S/C17H22N6O/c1-22-9-13(7-19-22)14-8-20-23-16(18)6-15(21-17(14)23)12-4-2-11(10-24)3-5-12/h6-9,11-12,24H,2-5,10,18H2,1H3. The molecule has 0 spiro atoms. The van der Waals surface area contributed by atoms with Crippen LogP contribution in [-0.2, 0) is 7.05 Å². The Hall–Kier alpha value is -2.41. The summed E-state index contributed by atoms with van der Waals surface area (Å²) in [4.78, 5) is 4.88. The van der Waals surface area contributed by atoms with Crippen molar-refractivity contribution in [2.75, 3.05) is 12.3 Å². The molecule has 0 amide bonds. The highest BCUT2D eigenvalue weighted by Crippen LogP contribution is 2.36. The van der Waals surface area contributed by atoms with Crippen molar-refractivity contribution in [2.45, 2.75) is 31.6 Å². The van der Waals surface area contributed by atoms with Crippen LogP contribution in [0.2, 0.25) is 0 Å². The number of rotatable bonds is 3. The molecule has 0 aromatic carbocycles. The van der Waals surface area contributed by atoms with Gasteiger partial charge in [-0.3, -0.25) is 4.68 Å². The fourth-order valence-corrected chi connectivity index (χ4v) is 3.62. The predicted molar refractivity (Wildman–Crippen MR) is 91.4 cm³/mol. The van der Waals surface area contributed by atoms with E-state index < -0.39 is 0 Å². The number of aromatic nitrogens is 5. The van der Waals surface area contributed by atoms with E-state index in [2.05, 4.69) is 10.2 Å². The highest BCUT2D eigenvalue weighted by Gasteiger charge is 2.24. The van der Waals surface area contributed by atoms with Crippen molar-refractivity contribution in [2.24, 2.45) is 13.0 Å². The van der Waals surface area contributed by atoms with Crippen LogP contribution in [0.15, 0.2) is 24.7 Å². The lowest BCUT2D eigenvalue weighted by molar-refractivity contribution is 0.182. The number of aliphatic hydroxyl groups is 1. The summed E-state index contributed by atoms with van der Waals surface area (Å²) in [6.07, 6.45) is 9.74. The van der Waals surface area contributed by atoms with Crippen LogP contribution in [0.4, 0.5) is 5.82 Å². The average molecular weight is 326 g/mol. The molecule has 0 aliphatic heterocycles. The number of hydrogen-bond donors (Lipinski definition) is 2. The highest BCUT2D eigenvalue weighted by atomic mass is 16.3. The molecule has 4 rings (SSSR count). The molecule has 7 heteroatoms. The molecule has 126 valence electrons. The minimum absolute atomic E-state index is 0.287. The Balaban J connectivity index is 1.73. The molecule has 24 heavy (non-hydrogen) atoms. The Labute approximate surface area is 140 Å². The van der Waals surface area contributed by atoms with Gasteiger partial charge in [-0.1, -0.05) is 0 Å². The van der Waals surface area contributed by atoms with Gasteiger partial charge in [-0.05, 0) is 31.6 Å². The quantitative estimate of drug-likeness (QED) is 0.767. The van der Waals surface area contributed by atoms with E-state index in [9.17, 15) is 5.11 Å². The van der Waals surface area contributed by atoms with Gasteiger partial charge in [0.2, 0.25) is 0 Å². The number of hydrogen-bond acceptors (Lipinski definition) is 5. The average Bonchev–Trinajstić information content (AvgIpc) is 3.21. The van der Waals surface area contributed by atoms with Crippen molar-refractivity contribution >= 4 is 11.5 Å². The minimum atomic E-state index is 0.287. The first-order chi connectivity index (χ1) is 11.7. The van der Waals surface area contributed by atoms with Gasteiger partial charge in [-0.2, -0.15) is 14.7 Å². The fraction of sp³-hybridized carbons (Fsp3) is 0.471. The Morgan fingerprint density at radius 3 is 2.67 bits per heavy atom. The number of nitrogen functional groups attached to an aromatic ring is 1. The number of aliphatic hydroxyl groups excluding tert-OH is 1. The molecule has 3 aromatic heterocycles. The van der Waals surface area contributed by atoms with Crippen molar-refractivity contribution in [1.82, 2.24) is 24.4 Å². The summed E-state index contributed by atoms with van der Waals surface area (Å²) in [5, 5.41) is 17.9. The SMILES string of the molecule is Cn1cc(-c2cnn3c(N)cc(C4CCC(CO)CC4)nc23)cn1. The van der Waals surface area contributed by atoms with Gasteiger partial charge in [-0.15, -0.1) is 0 Å². The van der Waals surface area contributed by atoms with Crippen LogP contribution < -0.4 is 5.73 Å². The van der Waals surface area contributed by atoms with E-state index in [1.807, 2.05) is 25.5 Å². The van der Waals surface area contributed by atoms with Crippen LogP contribution in [0.1, 0.15) is 37.3 Å². The molecule has 3 aromatic rings. The topological polar surface area (TPSA) is 94.3 Å². The van der Waals surface area contributed by atoms with Gasteiger partial charge in [0.1, 0.15) is 5.82 Å². The molecule has 1 aliphatic carbocycles. The fourth-order valence-electron chi connectivity index (χ4n) is 3.62. The largest absolute Gasteiger partial charge is 0.396 e. The third-order valence-corrected chi connectivity index (χ3v) is 5.06. The lowest BCUT2D eigenvalue weighted by atomic mass is 9.81. The second-order valence-corrected chi connectivity index (χ2v) is 6.70. The molecule has 3 N–H and O–H groups in total. The van der Waals surface area contributed by atoms with Gasteiger partial charge in [-0.25, -0.2) is 4.98 Å². The van der Waals surface area contributed by atoms with Gasteiger partial charge in [0.05, 0.1) is 12.4 Å². The van der Waals surface area contributed by atoms with E-state index in [1.54, 1.807) is 15.4 Å². The smallest absolute Gasteiger partial charge is 0.165 e. The maximum atomic E-state index is 9.31. The first kappa shape index (κ1) is 15.1. The third-order valence-electron chi connectivity index (χ3n) is 5.06. The van der Waals surface area contributed by atoms with Crippen LogP contribution in [0.25, 0.3) is 16.8 Å². The monoisotopic (exact) mass is 326 g/mol. The molecular weight excluding hydrogens is 304 g/mol. The number of aryl methyl sites for hydroxylation is 1. The number of anilines is 1. The van der Waals surface area contributed by atoms with Crippen LogP contribution in [0.5, 0.6) is 0 Å². The summed E-state index contributed by atoms with van der Waals surface area (Å²) in [6.45, 7) is 0.287. The molecule has 1 aliphatic rings. The first-order valence-corrected chi connectivity index (χ1v) is 8.39. The van der Waals surface area contributed by atoms with Crippen molar-refractivity contribution in [3.8, 4) is 11.1 Å². The highest BCUT2D eigenvalue weighted by molar-refractivity contribution is 5.77. The van der Waals surface area contributed by atoms with Crippen molar-refractivity contribution in [1.29, 1.82) is 0 Å². The zero-order valence-electron chi connectivity index (χ0n) is 13.8. The van der Waals surface area contributed by atoms with E-state index in [4.69, 9.17) is 10.7 Å². The summed E-state index contributed by atoms with van der Waals surface area (Å²) < 4.78 is 3.45. The van der Waals surface area contributed by atoms with Crippen LogP contribution in [0.3, 0.4) is 0 Å². The van der Waals surface area contributed by atoms with Crippen molar-refractivity contribution in [3.63, 3.8) is 0 Å². The summed E-state index contributed by atoms with van der Waals surface area (Å²) in [5.74, 6) is 1.44. The molecule has 0 saturated heterocycles. The van der Waals surface area contributed by atoms with E-state index in [1.165, 1.54) is 0 Å². The van der Waals surface area contributed by atoms with E-state index in [0.29, 0.717) is 17.7 Å². The lowest BCUT2D eigenvalue weighted by Crippen LogP contribution is -2.17. The van der Waals surface area contributed by atoms with Gasteiger partial charge in [0.15, 0.2) is 5.65 Å². The molecule has 0 bridgehead atoms. The van der Waals surface area contributed by atoms with Gasteiger partial charge < -0.3 is 10.8 Å². The maximum Gasteiger partial charge on any atom is 0.165 e. The Morgan fingerprint density at radius 1 is 1.21 bits per heavy atom. The number of nitrogens with two attached hydrogens (primary N) is 1. The zero-order chi connectivity index (χ0) is 16.7. The second kappa shape index (κ2) is 5.90. The Kier molecular flexibility index (Phi) is 3.72. The second-order valence-electron chi connectivity index (χ2n) is 6.70. The van der Waals surface area contributed by atoms with Crippen molar-refractivity contribution < 1.29 is 5.11 Å². The van der Waals surface area contributed by atoms with E-state index in [-0.39, 0.29) is 6.61 Å². The van der Waals surface area contributed by atoms with Crippen molar-refractivity contribution in [3.05, 3.63) is 30.4 Å². The summed E-state index contributed by atoms with van der Waals surface area (Å²) in [6, 6.07) is 1.94. The minimum Gasteiger partial charge on any atom is -0.396 e. The van der Waals surface area contributed by atoms with Crippen LogP contribution in [-0.4, -0.2) is 36.1 Å². The molecule has 0 atom stereocenters. The molecule has 1 saturated carbocycles. The summed E-state index contributed by atoms with van der Waals surface area (Å²) >= 11 is 0. The Bertz CT molecular complexity index is 859. The molecular formula is C17H22N6O. The molecule has 1 fully saturated rings. The molecule has 0 radical (unpaired) electrons. The maximum absolute atomic E-state index is 9.31. The normalized spacial score (nSPS) is 21.4. The summed E-state index contributed by atoms with van der Waals surface area (Å²) in [7, 11) is 1.89. The zero-order valence-corrected chi connectivity index (χ0v) is 13.8. The van der Waals surface area contributed by atoms with E-state index in [0.717, 1.165) is 48.2 Å². The van der Waals surface area contributed by atoms with Crippen LogP contribution in [0, 0.1) is 5.92 Å².